The molecule has 0 unspecified atom stereocenters. The number of carbonyl (C=O) groups is 1. The quantitative estimate of drug-likeness (QED) is 0.226. The zero-order valence-electron chi connectivity index (χ0n) is 18.1. The van der Waals surface area contributed by atoms with Crippen LogP contribution in [0.1, 0.15) is 21.8 Å². The van der Waals surface area contributed by atoms with Crippen molar-refractivity contribution in [3.63, 3.8) is 0 Å². The number of pyridine rings is 1. The van der Waals surface area contributed by atoms with Crippen molar-refractivity contribution in [2.24, 2.45) is 0 Å². The summed E-state index contributed by atoms with van der Waals surface area (Å²) in [6.07, 6.45) is 6.92. The fourth-order valence-corrected chi connectivity index (χ4v) is 4.44. The van der Waals surface area contributed by atoms with Crippen molar-refractivity contribution in [3.8, 4) is 5.75 Å². The number of hydrogen-bond donors (Lipinski definition) is 1. The van der Waals surface area contributed by atoms with E-state index >= 15 is 0 Å². The molecule has 0 radical (unpaired) electrons. The van der Waals surface area contributed by atoms with Gasteiger partial charge in [0.25, 0.3) is 0 Å². The minimum Gasteiger partial charge on any atom is -0.487 e. The van der Waals surface area contributed by atoms with E-state index in [2.05, 4.69) is 21.4 Å². The van der Waals surface area contributed by atoms with E-state index in [-0.39, 0.29) is 5.91 Å². The van der Waals surface area contributed by atoms with E-state index in [1.54, 1.807) is 35.4 Å². The van der Waals surface area contributed by atoms with Crippen LogP contribution in [0.5, 0.6) is 5.75 Å². The Bertz CT molecular complexity index is 1220. The highest BCUT2D eigenvalue weighted by Crippen LogP contribution is 2.24. The van der Waals surface area contributed by atoms with Gasteiger partial charge in [-0.3, -0.25) is 9.78 Å². The van der Waals surface area contributed by atoms with Gasteiger partial charge in [-0.2, -0.15) is 0 Å². The number of para-hydroxylation sites is 1. The maximum Gasteiger partial charge on any atom is 0.248 e. The first-order chi connectivity index (χ1) is 16.2. The fourth-order valence-electron chi connectivity index (χ4n) is 3.01. The minimum atomic E-state index is -0.198. The topological polar surface area (TPSA) is 64.1 Å². The highest BCUT2D eigenvalue weighted by molar-refractivity contribution is 7.98. The molecule has 4 rings (SSSR count). The normalized spacial score (nSPS) is 10.9. The van der Waals surface area contributed by atoms with Crippen molar-refractivity contribution in [3.05, 3.63) is 106 Å². The van der Waals surface area contributed by atoms with Crippen LogP contribution in [0.3, 0.4) is 0 Å². The van der Waals surface area contributed by atoms with E-state index in [0.29, 0.717) is 12.4 Å². The molecule has 0 aliphatic carbocycles. The van der Waals surface area contributed by atoms with Crippen molar-refractivity contribution in [1.29, 1.82) is 0 Å². The van der Waals surface area contributed by atoms with Crippen molar-refractivity contribution in [2.45, 2.75) is 24.2 Å². The van der Waals surface area contributed by atoms with Crippen LogP contribution >= 0.6 is 23.1 Å². The van der Waals surface area contributed by atoms with Crippen molar-refractivity contribution in [2.75, 3.05) is 5.32 Å². The average molecular weight is 474 g/mol. The SMILES string of the molecule is Cc1nc(COc2ccccc2/C=C/C(=O)Nc2ccc(SCc3cccnc3)cc2)cs1. The molecule has 1 N–H and O–H groups in total. The molecule has 0 saturated carbocycles. The zero-order chi connectivity index (χ0) is 22.9. The fraction of sp³-hybridized carbons (Fsp3) is 0.115. The third-order valence-corrected chi connectivity index (χ3v) is 6.53. The number of amides is 1. The van der Waals surface area contributed by atoms with Crippen LogP contribution in [0.15, 0.2) is 89.4 Å². The molecular formula is C26H23N3O2S2. The van der Waals surface area contributed by atoms with E-state index in [1.165, 1.54) is 11.6 Å². The Kier molecular flexibility index (Phi) is 7.90. The Morgan fingerprint density at radius 2 is 1.97 bits per heavy atom. The largest absolute Gasteiger partial charge is 0.487 e. The van der Waals surface area contributed by atoms with Gasteiger partial charge in [-0.05, 0) is 55.0 Å². The number of nitrogens with one attached hydrogen (secondary N) is 1. The molecule has 166 valence electrons. The molecule has 2 aromatic heterocycles. The summed E-state index contributed by atoms with van der Waals surface area (Å²) in [6, 6.07) is 19.4. The number of benzene rings is 2. The van der Waals surface area contributed by atoms with Gasteiger partial charge < -0.3 is 10.1 Å². The van der Waals surface area contributed by atoms with Crippen LogP contribution in [-0.2, 0) is 17.2 Å². The molecule has 7 heteroatoms. The van der Waals surface area contributed by atoms with Crippen molar-refractivity contribution in [1.82, 2.24) is 9.97 Å². The van der Waals surface area contributed by atoms with Gasteiger partial charge in [0.15, 0.2) is 0 Å². The Balaban J connectivity index is 1.30. The number of nitrogens with zero attached hydrogens (tertiary/aromatic N) is 2. The van der Waals surface area contributed by atoms with Crippen molar-refractivity contribution >= 4 is 40.8 Å². The molecule has 0 bridgehead atoms. The van der Waals surface area contributed by atoms with Crippen LogP contribution < -0.4 is 10.1 Å². The van der Waals surface area contributed by atoms with Gasteiger partial charge in [0.1, 0.15) is 12.4 Å². The molecule has 0 aliphatic rings. The molecule has 1 amide bonds. The van der Waals surface area contributed by atoms with Crippen LogP contribution in [0.2, 0.25) is 0 Å². The standard InChI is InChI=1S/C26H23N3O2S2/c1-19-28-23(18-32-19)16-31-25-7-3-2-6-21(25)8-13-26(30)29-22-9-11-24(12-10-22)33-17-20-5-4-14-27-15-20/h2-15,18H,16-17H2,1H3,(H,29,30)/b13-8+. The third kappa shape index (κ3) is 7.03. The maximum absolute atomic E-state index is 12.4. The predicted molar refractivity (Wildman–Crippen MR) is 136 cm³/mol. The predicted octanol–water partition coefficient (Wildman–Crippen LogP) is 6.37. The summed E-state index contributed by atoms with van der Waals surface area (Å²) in [6.45, 7) is 2.37. The highest BCUT2D eigenvalue weighted by atomic mass is 32.2. The average Bonchev–Trinajstić information content (AvgIpc) is 3.27. The zero-order valence-corrected chi connectivity index (χ0v) is 19.7. The minimum absolute atomic E-state index is 0.198. The van der Waals surface area contributed by atoms with E-state index in [1.807, 2.05) is 73.1 Å². The van der Waals surface area contributed by atoms with Gasteiger partial charge in [0.2, 0.25) is 5.91 Å². The number of ether oxygens (including phenoxy) is 1. The summed E-state index contributed by atoms with van der Waals surface area (Å²) >= 11 is 3.33. The Labute approximate surface area is 201 Å². The van der Waals surface area contributed by atoms with Crippen LogP contribution in [-0.4, -0.2) is 15.9 Å². The summed E-state index contributed by atoms with van der Waals surface area (Å²) < 4.78 is 5.91. The summed E-state index contributed by atoms with van der Waals surface area (Å²) in [5, 5.41) is 5.90. The lowest BCUT2D eigenvalue weighted by Gasteiger charge is -2.08. The Morgan fingerprint density at radius 1 is 1.12 bits per heavy atom. The molecule has 0 atom stereocenters. The van der Waals surface area contributed by atoms with Gasteiger partial charge in [-0.25, -0.2) is 4.98 Å². The van der Waals surface area contributed by atoms with Crippen LogP contribution in [0.4, 0.5) is 5.69 Å². The molecule has 0 fully saturated rings. The second-order valence-electron chi connectivity index (χ2n) is 7.18. The third-order valence-electron chi connectivity index (χ3n) is 4.63. The van der Waals surface area contributed by atoms with Crippen LogP contribution in [0, 0.1) is 6.92 Å². The molecule has 0 spiro atoms. The Hall–Kier alpha value is -3.42. The highest BCUT2D eigenvalue weighted by Gasteiger charge is 2.05. The second-order valence-corrected chi connectivity index (χ2v) is 9.29. The van der Waals surface area contributed by atoms with Gasteiger partial charge in [0.05, 0.1) is 10.7 Å². The number of aryl methyl sites for hydroxylation is 1. The molecule has 0 aliphatic heterocycles. The first-order valence-corrected chi connectivity index (χ1v) is 12.3. The number of carbonyl (C=O) groups excluding carboxylic acids is 1. The first-order valence-electron chi connectivity index (χ1n) is 10.4. The summed E-state index contributed by atoms with van der Waals surface area (Å²) in [5.41, 5.74) is 3.66. The molecule has 33 heavy (non-hydrogen) atoms. The summed E-state index contributed by atoms with van der Waals surface area (Å²) in [4.78, 5) is 22.1. The van der Waals surface area contributed by atoms with Gasteiger partial charge >= 0.3 is 0 Å². The van der Waals surface area contributed by atoms with E-state index in [0.717, 1.165) is 32.6 Å². The van der Waals surface area contributed by atoms with Crippen LogP contribution in [0.25, 0.3) is 6.08 Å². The van der Waals surface area contributed by atoms with E-state index in [9.17, 15) is 4.79 Å². The molecule has 0 saturated heterocycles. The lowest BCUT2D eigenvalue weighted by molar-refractivity contribution is -0.111. The molecule has 4 aromatic rings. The maximum atomic E-state index is 12.4. The lowest BCUT2D eigenvalue weighted by atomic mass is 10.2. The van der Waals surface area contributed by atoms with Gasteiger partial charge in [0, 0.05) is 45.7 Å². The first kappa shape index (κ1) is 22.8. The number of hydrogen-bond acceptors (Lipinski definition) is 6. The number of anilines is 1. The molecule has 2 heterocycles. The number of rotatable bonds is 9. The van der Waals surface area contributed by atoms with E-state index < -0.39 is 0 Å². The second kappa shape index (κ2) is 11.4. The van der Waals surface area contributed by atoms with Gasteiger partial charge in [-0.15, -0.1) is 23.1 Å². The lowest BCUT2D eigenvalue weighted by Crippen LogP contribution is -2.07. The molecular weight excluding hydrogens is 450 g/mol. The number of aromatic nitrogens is 2. The van der Waals surface area contributed by atoms with Gasteiger partial charge in [-0.1, -0.05) is 24.3 Å². The summed E-state index contributed by atoms with van der Waals surface area (Å²) in [7, 11) is 0. The Morgan fingerprint density at radius 3 is 2.73 bits per heavy atom. The number of thiazole rings is 1. The van der Waals surface area contributed by atoms with Crippen molar-refractivity contribution < 1.29 is 9.53 Å². The summed E-state index contributed by atoms with van der Waals surface area (Å²) in [5.74, 6) is 1.36. The monoisotopic (exact) mass is 473 g/mol. The van der Waals surface area contributed by atoms with E-state index in [4.69, 9.17) is 4.74 Å². The molecule has 5 nitrogen and oxygen atoms in total. The molecule has 2 aromatic carbocycles. The number of thioether (sulfide) groups is 1. The smallest absolute Gasteiger partial charge is 0.248 e.